The predicted octanol–water partition coefficient (Wildman–Crippen LogP) is 3.06. The Morgan fingerprint density at radius 2 is 2.00 bits per heavy atom. The van der Waals surface area contributed by atoms with Crippen molar-refractivity contribution in [1.29, 1.82) is 0 Å². The lowest BCUT2D eigenvalue weighted by Gasteiger charge is -2.21. The number of ether oxygens (including phenoxy) is 2. The number of thiazole rings is 1. The summed E-state index contributed by atoms with van der Waals surface area (Å²) in [4.78, 5) is 11.7. The van der Waals surface area contributed by atoms with Gasteiger partial charge in [-0.1, -0.05) is 6.92 Å². The van der Waals surface area contributed by atoms with Gasteiger partial charge in [-0.2, -0.15) is 0 Å². The van der Waals surface area contributed by atoms with Crippen LogP contribution >= 0.6 is 11.3 Å². The van der Waals surface area contributed by atoms with Gasteiger partial charge in [0.15, 0.2) is 5.96 Å². The Morgan fingerprint density at radius 3 is 2.62 bits per heavy atom. The van der Waals surface area contributed by atoms with Crippen molar-refractivity contribution >= 4 is 23.0 Å². The highest BCUT2D eigenvalue weighted by Crippen LogP contribution is 2.30. The third-order valence-electron chi connectivity index (χ3n) is 4.88. The quantitative estimate of drug-likeness (QED) is 0.508. The average Bonchev–Trinajstić information content (AvgIpc) is 3.41. The number of nitrogens with one attached hydrogen (secondary N) is 2. The fourth-order valence-corrected chi connectivity index (χ4v) is 4.08. The number of nitrogens with zero attached hydrogens (tertiary/aromatic N) is 3. The number of anilines is 1. The average molecular weight is 418 g/mol. The van der Waals surface area contributed by atoms with E-state index in [1.54, 1.807) is 25.6 Å². The Morgan fingerprint density at radius 1 is 1.24 bits per heavy atom. The smallest absolute Gasteiger partial charge is 0.191 e. The number of hydrogen-bond donors (Lipinski definition) is 2. The summed E-state index contributed by atoms with van der Waals surface area (Å²) in [6, 6.07) is 6.33. The summed E-state index contributed by atoms with van der Waals surface area (Å²) in [5.74, 6) is 2.45. The Labute approximate surface area is 177 Å². The molecule has 1 unspecified atom stereocenters. The Hall–Kier alpha value is -2.48. The van der Waals surface area contributed by atoms with Crippen LogP contribution in [0.25, 0.3) is 0 Å². The first-order chi connectivity index (χ1) is 14.1. The molecule has 7 nitrogen and oxygen atoms in total. The first-order valence-corrected chi connectivity index (χ1v) is 11.0. The van der Waals surface area contributed by atoms with E-state index < -0.39 is 0 Å². The number of methoxy groups -OCH3 is 2. The van der Waals surface area contributed by atoms with Gasteiger partial charge in [-0.25, -0.2) is 9.98 Å². The lowest BCUT2D eigenvalue weighted by molar-refractivity contribution is 0.394. The highest BCUT2D eigenvalue weighted by molar-refractivity contribution is 7.09. The van der Waals surface area contributed by atoms with E-state index in [9.17, 15) is 0 Å². The molecule has 2 heterocycles. The minimum Gasteiger partial charge on any atom is -0.497 e. The maximum atomic E-state index is 5.41. The number of hydrogen-bond acceptors (Lipinski definition) is 6. The fourth-order valence-electron chi connectivity index (χ4n) is 3.34. The van der Waals surface area contributed by atoms with Crippen molar-refractivity contribution in [2.45, 2.75) is 39.3 Å². The summed E-state index contributed by atoms with van der Waals surface area (Å²) in [6.45, 7) is 7.50. The SMILES string of the molecule is CCNC(=NCc1csc(CC)n1)NC1CCN(c2cc(OC)cc(OC)c2)C1. The van der Waals surface area contributed by atoms with E-state index >= 15 is 0 Å². The summed E-state index contributed by atoms with van der Waals surface area (Å²) in [7, 11) is 3.36. The van der Waals surface area contributed by atoms with Crippen molar-refractivity contribution < 1.29 is 9.47 Å². The molecule has 1 aromatic heterocycles. The third-order valence-corrected chi connectivity index (χ3v) is 5.92. The Kier molecular flexibility index (Phi) is 7.57. The molecule has 0 spiro atoms. The molecular formula is C21H31N5O2S. The van der Waals surface area contributed by atoms with Crippen LogP contribution in [0, 0.1) is 0 Å². The monoisotopic (exact) mass is 417 g/mol. The summed E-state index contributed by atoms with van der Waals surface area (Å²) in [5.41, 5.74) is 2.14. The van der Waals surface area contributed by atoms with E-state index in [-0.39, 0.29) is 0 Å². The first kappa shape index (κ1) is 21.2. The standard InChI is InChI=1S/C21H31N5O2S/c1-5-20-24-16(14-29-20)12-23-21(22-6-2)25-15-7-8-26(13-15)17-9-18(27-3)11-19(10-17)28-4/h9-11,14-15H,5-8,12-13H2,1-4H3,(H2,22,23,25). The van der Waals surface area contributed by atoms with Crippen LogP contribution in [0.3, 0.4) is 0 Å². The largest absolute Gasteiger partial charge is 0.497 e. The van der Waals surface area contributed by atoms with Gasteiger partial charge in [0, 0.05) is 54.9 Å². The van der Waals surface area contributed by atoms with E-state index in [1.165, 1.54) is 0 Å². The lowest BCUT2D eigenvalue weighted by atomic mass is 10.2. The predicted molar refractivity (Wildman–Crippen MR) is 120 cm³/mol. The van der Waals surface area contributed by atoms with Gasteiger partial charge in [0.25, 0.3) is 0 Å². The van der Waals surface area contributed by atoms with Crippen molar-refractivity contribution in [3.8, 4) is 11.5 Å². The van der Waals surface area contributed by atoms with Gasteiger partial charge >= 0.3 is 0 Å². The van der Waals surface area contributed by atoms with Crippen molar-refractivity contribution in [2.75, 3.05) is 38.8 Å². The molecule has 1 aliphatic rings. The summed E-state index contributed by atoms with van der Waals surface area (Å²) >= 11 is 1.70. The van der Waals surface area contributed by atoms with Gasteiger partial charge in [0.1, 0.15) is 11.5 Å². The number of benzene rings is 1. The fraction of sp³-hybridized carbons (Fsp3) is 0.524. The second-order valence-electron chi connectivity index (χ2n) is 6.93. The highest BCUT2D eigenvalue weighted by Gasteiger charge is 2.24. The molecule has 0 bridgehead atoms. The number of guanidine groups is 1. The van der Waals surface area contributed by atoms with Gasteiger partial charge in [0.2, 0.25) is 0 Å². The topological polar surface area (TPSA) is 71.0 Å². The first-order valence-electron chi connectivity index (χ1n) is 10.1. The normalized spacial score (nSPS) is 16.8. The molecule has 3 rings (SSSR count). The van der Waals surface area contributed by atoms with E-state index in [4.69, 9.17) is 14.5 Å². The molecule has 1 atom stereocenters. The van der Waals surface area contributed by atoms with Gasteiger partial charge < -0.3 is 25.0 Å². The van der Waals surface area contributed by atoms with Crippen molar-refractivity contribution in [1.82, 2.24) is 15.6 Å². The molecule has 1 fully saturated rings. The van der Waals surface area contributed by atoms with Crippen LogP contribution in [-0.2, 0) is 13.0 Å². The van der Waals surface area contributed by atoms with E-state index in [0.717, 1.165) is 66.3 Å². The van der Waals surface area contributed by atoms with Crippen molar-refractivity contribution in [3.63, 3.8) is 0 Å². The van der Waals surface area contributed by atoms with E-state index in [1.807, 2.05) is 6.07 Å². The van der Waals surface area contributed by atoms with Gasteiger partial charge in [-0.05, 0) is 19.8 Å². The highest BCUT2D eigenvalue weighted by atomic mass is 32.1. The summed E-state index contributed by atoms with van der Waals surface area (Å²) < 4.78 is 10.8. The molecule has 29 heavy (non-hydrogen) atoms. The summed E-state index contributed by atoms with van der Waals surface area (Å²) in [5, 5.41) is 10.2. The molecule has 0 amide bonds. The minimum atomic E-state index is 0.326. The molecule has 0 aliphatic carbocycles. The maximum absolute atomic E-state index is 5.41. The van der Waals surface area contributed by atoms with Gasteiger partial charge in [0.05, 0.1) is 31.5 Å². The van der Waals surface area contributed by atoms with Crippen molar-refractivity contribution in [3.05, 3.63) is 34.3 Å². The van der Waals surface area contributed by atoms with E-state index in [0.29, 0.717) is 12.6 Å². The van der Waals surface area contributed by atoms with Crippen LogP contribution in [0.5, 0.6) is 11.5 Å². The zero-order chi connectivity index (χ0) is 20.6. The number of aliphatic imine (C=N–C) groups is 1. The Balaban J connectivity index is 1.62. The zero-order valence-electron chi connectivity index (χ0n) is 17.7. The van der Waals surface area contributed by atoms with Gasteiger partial charge in [-0.15, -0.1) is 11.3 Å². The molecule has 2 aromatic rings. The molecule has 0 radical (unpaired) electrons. The lowest BCUT2D eigenvalue weighted by Crippen LogP contribution is -2.44. The van der Waals surface area contributed by atoms with Crippen LogP contribution in [0.15, 0.2) is 28.6 Å². The van der Waals surface area contributed by atoms with Gasteiger partial charge in [-0.3, -0.25) is 0 Å². The van der Waals surface area contributed by atoms with E-state index in [2.05, 4.69) is 51.9 Å². The van der Waals surface area contributed by atoms with Crippen molar-refractivity contribution in [2.24, 2.45) is 4.99 Å². The molecule has 2 N–H and O–H groups in total. The molecule has 0 saturated carbocycles. The molecular weight excluding hydrogens is 386 g/mol. The minimum absolute atomic E-state index is 0.326. The van der Waals surface area contributed by atoms with Crippen LogP contribution < -0.4 is 25.0 Å². The van der Waals surface area contributed by atoms with Crippen LogP contribution in [0.1, 0.15) is 31.0 Å². The second kappa shape index (κ2) is 10.3. The second-order valence-corrected chi connectivity index (χ2v) is 7.87. The number of aromatic nitrogens is 1. The van der Waals surface area contributed by atoms with Crippen LogP contribution in [-0.4, -0.2) is 50.8 Å². The molecule has 8 heteroatoms. The molecule has 158 valence electrons. The molecule has 1 aromatic carbocycles. The maximum Gasteiger partial charge on any atom is 0.191 e. The number of aryl methyl sites for hydroxylation is 1. The third kappa shape index (κ3) is 5.76. The number of rotatable bonds is 8. The van der Waals surface area contributed by atoms with Crippen LogP contribution in [0.4, 0.5) is 5.69 Å². The summed E-state index contributed by atoms with van der Waals surface area (Å²) in [6.07, 6.45) is 2.01. The molecule has 1 saturated heterocycles. The molecule has 1 aliphatic heterocycles. The van der Waals surface area contributed by atoms with Crippen LogP contribution in [0.2, 0.25) is 0 Å². The Bertz CT molecular complexity index is 801. The zero-order valence-corrected chi connectivity index (χ0v) is 18.5.